The molecule has 0 atom stereocenters. The maximum absolute atomic E-state index is 6.10. The largest absolute Gasteiger partial charge is 0.437 e. The topological polar surface area (TPSA) is 38.9 Å². The highest BCUT2D eigenvalue weighted by Crippen LogP contribution is 2.34. The Morgan fingerprint density at radius 3 is 2.65 bits per heavy atom. The number of nitrogens with zero attached hydrogens (tertiary/aromatic N) is 2. The second kappa shape index (κ2) is 5.20. The van der Waals surface area contributed by atoms with Crippen LogP contribution in [0.2, 0.25) is 0 Å². The van der Waals surface area contributed by atoms with Crippen molar-refractivity contribution in [3.05, 3.63) is 59.4 Å². The second-order valence-electron chi connectivity index (χ2n) is 5.95. The summed E-state index contributed by atoms with van der Waals surface area (Å²) in [5.41, 5.74) is 6.99. The van der Waals surface area contributed by atoms with Crippen molar-refractivity contribution in [3.8, 4) is 11.3 Å². The zero-order chi connectivity index (χ0) is 16.0. The minimum absolute atomic E-state index is 0.704. The van der Waals surface area contributed by atoms with Gasteiger partial charge in [0.05, 0.1) is 5.69 Å². The Morgan fingerprint density at radius 1 is 1.00 bits per heavy atom. The van der Waals surface area contributed by atoms with Crippen LogP contribution in [0.25, 0.3) is 33.3 Å². The van der Waals surface area contributed by atoms with E-state index in [1.54, 1.807) is 0 Å². The molecule has 0 aliphatic heterocycles. The van der Waals surface area contributed by atoms with Crippen LogP contribution >= 0.6 is 0 Å². The lowest BCUT2D eigenvalue weighted by atomic mass is 10.0. The van der Waals surface area contributed by atoms with E-state index in [1.807, 2.05) is 6.20 Å². The monoisotopic (exact) mass is 302 g/mol. The van der Waals surface area contributed by atoms with Gasteiger partial charge in [-0.3, -0.25) is 4.98 Å². The van der Waals surface area contributed by atoms with Gasteiger partial charge >= 0.3 is 0 Å². The molecule has 0 bridgehead atoms. The maximum Gasteiger partial charge on any atom is 0.227 e. The summed E-state index contributed by atoms with van der Waals surface area (Å²) in [6.45, 7) is 6.28. The molecule has 0 aliphatic carbocycles. The third-order valence-electron chi connectivity index (χ3n) is 4.43. The molecule has 114 valence electrons. The summed E-state index contributed by atoms with van der Waals surface area (Å²) in [6.07, 6.45) is 2.82. The Morgan fingerprint density at radius 2 is 1.87 bits per heavy atom. The molecule has 0 fully saturated rings. The highest BCUT2D eigenvalue weighted by Gasteiger charge is 2.14. The first-order chi connectivity index (χ1) is 11.2. The van der Waals surface area contributed by atoms with E-state index in [4.69, 9.17) is 4.42 Å². The summed E-state index contributed by atoms with van der Waals surface area (Å²) in [7, 11) is 0. The van der Waals surface area contributed by atoms with Gasteiger partial charge in [0, 0.05) is 28.2 Å². The van der Waals surface area contributed by atoms with Gasteiger partial charge in [0.2, 0.25) is 5.71 Å². The highest BCUT2D eigenvalue weighted by molar-refractivity contribution is 6.08. The zero-order valence-corrected chi connectivity index (χ0v) is 13.6. The van der Waals surface area contributed by atoms with Gasteiger partial charge in [0.15, 0.2) is 0 Å². The molecule has 3 heteroatoms. The fourth-order valence-corrected chi connectivity index (χ4v) is 2.89. The smallest absolute Gasteiger partial charge is 0.227 e. The number of para-hydroxylation sites is 1. The molecule has 0 amide bonds. The number of pyridine rings is 2. The molecule has 23 heavy (non-hydrogen) atoms. The lowest BCUT2D eigenvalue weighted by Crippen LogP contribution is -1.88. The van der Waals surface area contributed by atoms with E-state index >= 15 is 0 Å². The first-order valence-electron chi connectivity index (χ1n) is 7.92. The van der Waals surface area contributed by atoms with Crippen molar-refractivity contribution in [1.82, 2.24) is 9.97 Å². The van der Waals surface area contributed by atoms with Gasteiger partial charge in [-0.2, -0.15) is 0 Å². The predicted molar refractivity (Wildman–Crippen MR) is 93.6 cm³/mol. The average Bonchev–Trinajstić information content (AvgIpc) is 2.95. The van der Waals surface area contributed by atoms with Crippen LogP contribution in [0.15, 0.2) is 47.0 Å². The van der Waals surface area contributed by atoms with E-state index in [9.17, 15) is 0 Å². The van der Waals surface area contributed by atoms with Crippen LogP contribution in [-0.2, 0) is 6.42 Å². The standard InChI is InChI=1S/C20H18N2O/c1-4-14-8-9-16-15-6-5-7-17(19(15)23-20(16)22-14)18-10-12(2)13(3)11-21-18/h5-11H,4H2,1-3H3. The van der Waals surface area contributed by atoms with Crippen molar-refractivity contribution in [2.45, 2.75) is 27.2 Å². The number of fused-ring (bicyclic) bond motifs is 3. The molecule has 0 spiro atoms. The van der Waals surface area contributed by atoms with Crippen molar-refractivity contribution >= 4 is 22.1 Å². The highest BCUT2D eigenvalue weighted by atomic mass is 16.3. The van der Waals surface area contributed by atoms with Gasteiger partial charge < -0.3 is 4.42 Å². The van der Waals surface area contributed by atoms with Crippen LogP contribution in [0.4, 0.5) is 0 Å². The summed E-state index contributed by atoms with van der Waals surface area (Å²) in [4.78, 5) is 9.19. The first-order valence-corrected chi connectivity index (χ1v) is 7.92. The summed E-state index contributed by atoms with van der Waals surface area (Å²) >= 11 is 0. The van der Waals surface area contributed by atoms with Crippen LogP contribution in [-0.4, -0.2) is 9.97 Å². The molecule has 1 aromatic carbocycles. The number of aromatic nitrogens is 2. The fraction of sp³-hybridized carbons (Fsp3) is 0.200. The molecule has 3 nitrogen and oxygen atoms in total. The Kier molecular flexibility index (Phi) is 3.15. The lowest BCUT2D eigenvalue weighted by Gasteiger charge is -2.05. The third kappa shape index (κ3) is 2.20. The molecule has 4 rings (SSSR count). The van der Waals surface area contributed by atoms with Gasteiger partial charge in [-0.25, -0.2) is 4.98 Å². The third-order valence-corrected chi connectivity index (χ3v) is 4.43. The number of hydrogen-bond donors (Lipinski definition) is 0. The summed E-state index contributed by atoms with van der Waals surface area (Å²) in [6, 6.07) is 12.5. The second-order valence-corrected chi connectivity index (χ2v) is 5.95. The van der Waals surface area contributed by atoms with Crippen molar-refractivity contribution in [2.24, 2.45) is 0 Å². The molecule has 0 radical (unpaired) electrons. The van der Waals surface area contributed by atoms with E-state index in [0.29, 0.717) is 5.71 Å². The molecular formula is C20H18N2O. The molecule has 0 aliphatic rings. The Labute approximate surface area is 135 Å². The zero-order valence-electron chi connectivity index (χ0n) is 13.6. The predicted octanol–water partition coefficient (Wildman–Crippen LogP) is 5.22. The van der Waals surface area contributed by atoms with Gasteiger partial charge in [-0.15, -0.1) is 0 Å². The van der Waals surface area contributed by atoms with Crippen molar-refractivity contribution < 1.29 is 4.42 Å². The van der Waals surface area contributed by atoms with Crippen LogP contribution in [0.3, 0.4) is 0 Å². The molecular weight excluding hydrogens is 284 g/mol. The van der Waals surface area contributed by atoms with E-state index in [-0.39, 0.29) is 0 Å². The van der Waals surface area contributed by atoms with Gasteiger partial charge in [0.25, 0.3) is 0 Å². The maximum atomic E-state index is 6.10. The first kappa shape index (κ1) is 13.9. The SMILES string of the molecule is CCc1ccc2c(n1)oc1c(-c3cc(C)c(C)cn3)cccc12. The number of rotatable bonds is 2. The molecule has 4 aromatic rings. The Bertz CT molecular complexity index is 1030. The molecule has 0 saturated heterocycles. The molecule has 0 saturated carbocycles. The van der Waals surface area contributed by atoms with E-state index in [0.717, 1.165) is 39.7 Å². The van der Waals surface area contributed by atoms with Crippen molar-refractivity contribution in [3.63, 3.8) is 0 Å². The molecule has 3 aromatic heterocycles. The molecule has 3 heterocycles. The number of aryl methyl sites for hydroxylation is 3. The minimum Gasteiger partial charge on any atom is -0.437 e. The van der Waals surface area contributed by atoms with E-state index < -0.39 is 0 Å². The van der Waals surface area contributed by atoms with Crippen LogP contribution in [0, 0.1) is 13.8 Å². The van der Waals surface area contributed by atoms with Crippen LogP contribution in [0.1, 0.15) is 23.7 Å². The lowest BCUT2D eigenvalue weighted by molar-refractivity contribution is 0.652. The quantitative estimate of drug-likeness (QED) is 0.509. The Balaban J connectivity index is 2.01. The summed E-state index contributed by atoms with van der Waals surface area (Å²) in [5, 5.41) is 2.15. The molecule has 0 unspecified atom stereocenters. The summed E-state index contributed by atoms with van der Waals surface area (Å²) < 4.78 is 6.10. The van der Waals surface area contributed by atoms with Gasteiger partial charge in [-0.1, -0.05) is 19.1 Å². The van der Waals surface area contributed by atoms with Gasteiger partial charge in [-0.05, 0) is 55.7 Å². The van der Waals surface area contributed by atoms with Crippen molar-refractivity contribution in [2.75, 3.05) is 0 Å². The number of furan rings is 1. The van der Waals surface area contributed by atoms with Crippen LogP contribution in [0.5, 0.6) is 0 Å². The van der Waals surface area contributed by atoms with Gasteiger partial charge in [0.1, 0.15) is 5.58 Å². The minimum atomic E-state index is 0.704. The molecule has 0 N–H and O–H groups in total. The van der Waals surface area contributed by atoms with Crippen LogP contribution < -0.4 is 0 Å². The number of hydrogen-bond acceptors (Lipinski definition) is 3. The average molecular weight is 302 g/mol. The van der Waals surface area contributed by atoms with E-state index in [1.165, 1.54) is 11.1 Å². The van der Waals surface area contributed by atoms with Crippen molar-refractivity contribution in [1.29, 1.82) is 0 Å². The summed E-state index contributed by atoms with van der Waals surface area (Å²) in [5.74, 6) is 0. The normalized spacial score (nSPS) is 11.4. The fourth-order valence-electron chi connectivity index (χ4n) is 2.89. The Hall–Kier alpha value is -2.68. The number of benzene rings is 1. The van der Waals surface area contributed by atoms with E-state index in [2.05, 4.69) is 67.1 Å².